The second-order valence-electron chi connectivity index (χ2n) is 8.72. The van der Waals surface area contributed by atoms with Crippen LogP contribution in [0.2, 0.25) is 0 Å². The van der Waals surface area contributed by atoms with Crippen molar-refractivity contribution in [3.05, 3.63) is 29.3 Å². The smallest absolute Gasteiger partial charge is 0.418 e. The number of anilines is 1. The van der Waals surface area contributed by atoms with Crippen molar-refractivity contribution in [3.63, 3.8) is 0 Å². The number of piperidine rings is 1. The normalized spacial score (nSPS) is 16.6. The van der Waals surface area contributed by atoms with Crippen molar-refractivity contribution in [2.75, 3.05) is 25.0 Å². The lowest BCUT2D eigenvalue weighted by molar-refractivity contribution is -0.137. The minimum atomic E-state index is -4.56. The van der Waals surface area contributed by atoms with Gasteiger partial charge >= 0.3 is 18.2 Å². The molecule has 0 unspecified atom stereocenters. The number of halogens is 3. The largest absolute Gasteiger partial charge is 0.462 e. The van der Waals surface area contributed by atoms with Crippen molar-refractivity contribution in [2.24, 2.45) is 5.92 Å². The molecule has 2 rings (SSSR count). The van der Waals surface area contributed by atoms with E-state index in [-0.39, 0.29) is 35.9 Å². The van der Waals surface area contributed by atoms with E-state index in [1.54, 1.807) is 32.6 Å². The molecule has 0 bridgehead atoms. The molecule has 0 radical (unpaired) electrons. The summed E-state index contributed by atoms with van der Waals surface area (Å²) >= 11 is 0. The number of likely N-dealkylation sites (tertiary alicyclic amines) is 1. The third-order valence-electron chi connectivity index (χ3n) is 5.12. The van der Waals surface area contributed by atoms with E-state index in [9.17, 15) is 22.8 Å². The lowest BCUT2D eigenvalue weighted by Gasteiger charge is -2.36. The van der Waals surface area contributed by atoms with Gasteiger partial charge in [0, 0.05) is 24.8 Å². The summed E-state index contributed by atoms with van der Waals surface area (Å²) in [7, 11) is 0. The zero-order chi connectivity index (χ0) is 23.4. The molecular weight excluding hydrogens is 413 g/mol. The molecule has 1 heterocycles. The molecule has 1 atom stereocenters. The fraction of sp³-hybridized carbons (Fsp3) is 0.636. The molecule has 0 saturated carbocycles. The predicted octanol–water partition coefficient (Wildman–Crippen LogP) is 5.33. The molecular formula is C22H31F3N2O4. The lowest BCUT2D eigenvalue weighted by atomic mass is 9.90. The lowest BCUT2D eigenvalue weighted by Crippen LogP contribution is -2.44. The maximum Gasteiger partial charge on any atom is 0.418 e. The summed E-state index contributed by atoms with van der Waals surface area (Å²) in [6.07, 6.45) is -3.68. The van der Waals surface area contributed by atoms with E-state index in [0.717, 1.165) is 12.1 Å². The van der Waals surface area contributed by atoms with Gasteiger partial charge in [-0.1, -0.05) is 0 Å². The Balaban J connectivity index is 2.09. The number of carbonyl (C=O) groups is 2. The highest BCUT2D eigenvalue weighted by Crippen LogP contribution is 2.36. The SMILES string of the molecule is CCOC(=O)c1ccc(C(F)(F)F)c(N[C@@H](C)C2CCN(C(=O)OC(C)(C)C)CC2)c1. The van der Waals surface area contributed by atoms with Crippen molar-refractivity contribution < 1.29 is 32.2 Å². The molecule has 1 N–H and O–H groups in total. The third kappa shape index (κ3) is 7.04. The van der Waals surface area contributed by atoms with Crippen LogP contribution in [0.5, 0.6) is 0 Å². The average molecular weight is 444 g/mol. The van der Waals surface area contributed by atoms with Gasteiger partial charge in [-0.3, -0.25) is 0 Å². The fourth-order valence-electron chi connectivity index (χ4n) is 3.52. The van der Waals surface area contributed by atoms with Gasteiger partial charge in [-0.15, -0.1) is 0 Å². The third-order valence-corrected chi connectivity index (χ3v) is 5.12. The average Bonchev–Trinajstić information content (AvgIpc) is 2.66. The minimum Gasteiger partial charge on any atom is -0.462 e. The van der Waals surface area contributed by atoms with Gasteiger partial charge in [0.15, 0.2) is 0 Å². The van der Waals surface area contributed by atoms with Crippen LogP contribution >= 0.6 is 0 Å². The van der Waals surface area contributed by atoms with Gasteiger partial charge in [0.05, 0.1) is 17.7 Å². The van der Waals surface area contributed by atoms with Gasteiger partial charge in [0.1, 0.15) is 5.60 Å². The van der Waals surface area contributed by atoms with Gasteiger partial charge < -0.3 is 19.7 Å². The van der Waals surface area contributed by atoms with Gasteiger partial charge in [0.2, 0.25) is 0 Å². The molecule has 1 saturated heterocycles. The van der Waals surface area contributed by atoms with E-state index >= 15 is 0 Å². The summed E-state index contributed by atoms with van der Waals surface area (Å²) in [5.41, 5.74) is -1.51. The Morgan fingerprint density at radius 1 is 1.19 bits per heavy atom. The van der Waals surface area contributed by atoms with Crippen molar-refractivity contribution in [1.82, 2.24) is 4.90 Å². The molecule has 1 aromatic carbocycles. The topological polar surface area (TPSA) is 67.9 Å². The maximum absolute atomic E-state index is 13.5. The van der Waals surface area contributed by atoms with Crippen LogP contribution in [0.1, 0.15) is 63.4 Å². The molecule has 1 aromatic rings. The molecule has 1 aliphatic heterocycles. The second kappa shape index (κ2) is 9.78. The maximum atomic E-state index is 13.5. The first-order chi connectivity index (χ1) is 14.3. The van der Waals surface area contributed by atoms with Crippen molar-refractivity contribution >= 4 is 17.7 Å². The molecule has 31 heavy (non-hydrogen) atoms. The molecule has 0 spiro atoms. The van der Waals surface area contributed by atoms with Crippen molar-refractivity contribution in [2.45, 2.75) is 65.3 Å². The number of amides is 1. The molecule has 0 aliphatic carbocycles. The van der Waals surface area contributed by atoms with E-state index in [2.05, 4.69) is 5.32 Å². The van der Waals surface area contributed by atoms with Crippen molar-refractivity contribution in [1.29, 1.82) is 0 Å². The van der Waals surface area contributed by atoms with Gasteiger partial charge in [0.25, 0.3) is 0 Å². The number of esters is 1. The highest BCUT2D eigenvalue weighted by molar-refractivity contribution is 5.91. The quantitative estimate of drug-likeness (QED) is 0.622. The minimum absolute atomic E-state index is 0.0595. The number of ether oxygens (including phenoxy) is 2. The van der Waals surface area contributed by atoms with Crippen LogP contribution in [-0.4, -0.2) is 48.3 Å². The van der Waals surface area contributed by atoms with Crippen LogP contribution in [0.4, 0.5) is 23.7 Å². The molecule has 1 amide bonds. The molecule has 0 aromatic heterocycles. The molecule has 6 nitrogen and oxygen atoms in total. The first kappa shape index (κ1) is 24.8. The summed E-state index contributed by atoms with van der Waals surface area (Å²) in [6, 6.07) is 2.91. The highest BCUT2D eigenvalue weighted by atomic mass is 19.4. The number of rotatable bonds is 5. The number of carbonyl (C=O) groups excluding carboxylic acids is 2. The molecule has 1 fully saturated rings. The van der Waals surface area contributed by atoms with E-state index in [0.29, 0.717) is 25.9 Å². The van der Waals surface area contributed by atoms with Gasteiger partial charge in [-0.05, 0) is 71.6 Å². The fourth-order valence-corrected chi connectivity index (χ4v) is 3.52. The van der Waals surface area contributed by atoms with Crippen LogP contribution in [0, 0.1) is 5.92 Å². The van der Waals surface area contributed by atoms with Crippen LogP contribution in [0.25, 0.3) is 0 Å². The summed E-state index contributed by atoms with van der Waals surface area (Å²) < 4.78 is 50.7. The van der Waals surface area contributed by atoms with E-state index in [4.69, 9.17) is 9.47 Å². The summed E-state index contributed by atoms with van der Waals surface area (Å²) in [5, 5.41) is 2.94. The molecule has 9 heteroatoms. The monoisotopic (exact) mass is 444 g/mol. The molecule has 174 valence electrons. The Morgan fingerprint density at radius 3 is 2.32 bits per heavy atom. The number of nitrogens with one attached hydrogen (secondary N) is 1. The number of benzene rings is 1. The number of hydrogen-bond donors (Lipinski definition) is 1. The van der Waals surface area contributed by atoms with Crippen LogP contribution in [-0.2, 0) is 15.7 Å². The summed E-state index contributed by atoms with van der Waals surface area (Å²) in [5.74, 6) is -0.608. The van der Waals surface area contributed by atoms with Crippen LogP contribution < -0.4 is 5.32 Å². The van der Waals surface area contributed by atoms with Gasteiger partial charge in [-0.2, -0.15) is 13.2 Å². The number of hydrogen-bond acceptors (Lipinski definition) is 5. The second-order valence-corrected chi connectivity index (χ2v) is 8.72. The first-order valence-electron chi connectivity index (χ1n) is 10.4. The van der Waals surface area contributed by atoms with Crippen LogP contribution in [0.3, 0.4) is 0 Å². The van der Waals surface area contributed by atoms with Crippen molar-refractivity contribution in [3.8, 4) is 0 Å². The predicted molar refractivity (Wildman–Crippen MR) is 111 cm³/mol. The van der Waals surface area contributed by atoms with Crippen LogP contribution in [0.15, 0.2) is 18.2 Å². The Hall–Kier alpha value is -2.45. The van der Waals surface area contributed by atoms with E-state index in [1.807, 2.05) is 6.92 Å². The van der Waals surface area contributed by atoms with Gasteiger partial charge in [-0.25, -0.2) is 9.59 Å². The zero-order valence-electron chi connectivity index (χ0n) is 18.6. The Labute approximate surface area is 181 Å². The Morgan fingerprint density at radius 2 is 1.81 bits per heavy atom. The summed E-state index contributed by atoms with van der Waals surface area (Å²) in [6.45, 7) is 9.92. The Bertz CT molecular complexity index is 782. The Kier molecular flexibility index (Phi) is 7.83. The number of nitrogens with zero attached hydrogens (tertiary/aromatic N) is 1. The van der Waals surface area contributed by atoms with E-state index in [1.165, 1.54) is 6.07 Å². The number of alkyl halides is 3. The van der Waals surface area contributed by atoms with E-state index < -0.39 is 23.3 Å². The zero-order valence-corrected chi connectivity index (χ0v) is 18.6. The summed E-state index contributed by atoms with van der Waals surface area (Å²) in [4.78, 5) is 25.8. The highest BCUT2D eigenvalue weighted by Gasteiger charge is 2.35. The standard InChI is InChI=1S/C22H31F3N2O4/c1-6-30-19(28)16-7-8-17(22(23,24)25)18(13-16)26-14(2)15-9-11-27(12-10-15)20(29)31-21(3,4)5/h7-8,13-15,26H,6,9-12H2,1-5H3/t14-/m0/s1. The molecule has 1 aliphatic rings. The first-order valence-corrected chi connectivity index (χ1v) is 10.4.